The van der Waals surface area contributed by atoms with Crippen molar-refractivity contribution in [2.75, 3.05) is 13.2 Å². The van der Waals surface area contributed by atoms with E-state index in [0.29, 0.717) is 12.6 Å². The Bertz CT molecular complexity index is 589. The van der Waals surface area contributed by atoms with E-state index in [1.807, 2.05) is 43.3 Å². The van der Waals surface area contributed by atoms with Crippen LogP contribution in [0.2, 0.25) is 5.02 Å². The highest BCUT2D eigenvalue weighted by molar-refractivity contribution is 6.31. The maximum Gasteiger partial charge on any atom is 0.137 e. The third-order valence-corrected chi connectivity index (χ3v) is 4.08. The molecule has 2 rings (SSSR count). The molecule has 4 heteroatoms. The highest BCUT2D eigenvalue weighted by atomic mass is 35.5. The number of rotatable bonds is 7. The number of hydrogen-bond donors (Lipinski definition) is 2. The van der Waals surface area contributed by atoms with Crippen LogP contribution >= 0.6 is 11.6 Å². The summed E-state index contributed by atoms with van der Waals surface area (Å²) in [6.07, 6.45) is -0.512. The lowest BCUT2D eigenvalue weighted by atomic mass is 10.1. The van der Waals surface area contributed by atoms with Crippen LogP contribution in [-0.2, 0) is 0 Å². The van der Waals surface area contributed by atoms with Crippen molar-refractivity contribution in [1.82, 2.24) is 0 Å². The van der Waals surface area contributed by atoms with E-state index in [2.05, 4.69) is 24.4 Å². The lowest BCUT2D eigenvalue weighted by Gasteiger charge is -2.15. The van der Waals surface area contributed by atoms with Crippen LogP contribution in [0.25, 0.3) is 0 Å². The molecule has 0 fully saturated rings. The minimum Gasteiger partial charge on any atom is -0.491 e. The van der Waals surface area contributed by atoms with E-state index in [4.69, 9.17) is 16.3 Å². The molecule has 3 N–H and O–H groups in total. The second-order valence-electron chi connectivity index (χ2n) is 5.55. The van der Waals surface area contributed by atoms with Gasteiger partial charge in [-0.1, -0.05) is 41.9 Å². The molecule has 2 atom stereocenters. The fourth-order valence-electron chi connectivity index (χ4n) is 2.22. The topological polar surface area (TPSA) is 46.1 Å². The number of ether oxygens (including phenoxy) is 1. The quantitative estimate of drug-likeness (QED) is 0.824. The Labute approximate surface area is 136 Å². The largest absolute Gasteiger partial charge is 0.491 e. The van der Waals surface area contributed by atoms with Gasteiger partial charge in [0, 0.05) is 10.6 Å². The molecule has 0 amide bonds. The Morgan fingerprint density at radius 3 is 2.59 bits per heavy atom. The SMILES string of the molecule is Cc1cc(OC[C@H](O)C[NH2+][C@@H](C)c2ccccc2)ccc1Cl. The summed E-state index contributed by atoms with van der Waals surface area (Å²) in [6.45, 7) is 4.94. The molecule has 0 heterocycles. The molecular weight excluding hydrogens is 298 g/mol. The molecule has 2 aromatic carbocycles. The smallest absolute Gasteiger partial charge is 0.137 e. The molecule has 118 valence electrons. The summed E-state index contributed by atoms with van der Waals surface area (Å²) in [4.78, 5) is 0. The van der Waals surface area contributed by atoms with Crippen molar-refractivity contribution in [3.63, 3.8) is 0 Å². The van der Waals surface area contributed by atoms with Crippen LogP contribution < -0.4 is 10.1 Å². The average molecular weight is 321 g/mol. The minimum absolute atomic E-state index is 0.277. The van der Waals surface area contributed by atoms with Crippen molar-refractivity contribution in [3.8, 4) is 5.75 Å². The van der Waals surface area contributed by atoms with E-state index in [-0.39, 0.29) is 6.61 Å². The number of aryl methyl sites for hydroxylation is 1. The zero-order chi connectivity index (χ0) is 15.9. The standard InChI is InChI=1S/C18H22ClNO2/c1-13-10-17(8-9-18(13)19)22-12-16(21)11-20-14(2)15-6-4-3-5-7-15/h3-10,14,16,20-21H,11-12H2,1-2H3/p+1/t14-,16+/m0/s1. The number of aliphatic hydroxyl groups excluding tert-OH is 1. The number of halogens is 1. The molecule has 0 aliphatic rings. The number of quaternary nitrogens is 1. The van der Waals surface area contributed by atoms with Crippen molar-refractivity contribution in [1.29, 1.82) is 0 Å². The second-order valence-corrected chi connectivity index (χ2v) is 5.95. The highest BCUT2D eigenvalue weighted by Gasteiger charge is 2.12. The normalized spacial score (nSPS) is 13.6. The Morgan fingerprint density at radius 1 is 1.18 bits per heavy atom. The minimum atomic E-state index is -0.512. The number of hydrogen-bond acceptors (Lipinski definition) is 2. The number of nitrogens with two attached hydrogens (primary N) is 1. The summed E-state index contributed by atoms with van der Waals surface area (Å²) >= 11 is 5.98. The van der Waals surface area contributed by atoms with Crippen LogP contribution in [0.5, 0.6) is 5.75 Å². The van der Waals surface area contributed by atoms with Crippen LogP contribution in [0, 0.1) is 6.92 Å². The predicted molar refractivity (Wildman–Crippen MR) is 89.3 cm³/mol. The summed E-state index contributed by atoms with van der Waals surface area (Å²) in [5.41, 5.74) is 2.22. The molecule has 0 aliphatic carbocycles. The molecule has 0 bridgehead atoms. The Balaban J connectivity index is 1.76. The van der Waals surface area contributed by atoms with Gasteiger partial charge in [-0.2, -0.15) is 0 Å². The molecule has 0 aliphatic heterocycles. The van der Waals surface area contributed by atoms with Crippen molar-refractivity contribution in [2.24, 2.45) is 0 Å². The van der Waals surface area contributed by atoms with E-state index in [1.165, 1.54) is 5.56 Å². The van der Waals surface area contributed by atoms with Crippen molar-refractivity contribution < 1.29 is 15.2 Å². The van der Waals surface area contributed by atoms with Gasteiger partial charge in [0.25, 0.3) is 0 Å². The van der Waals surface area contributed by atoms with Gasteiger partial charge in [0.15, 0.2) is 0 Å². The van der Waals surface area contributed by atoms with E-state index < -0.39 is 6.10 Å². The maximum atomic E-state index is 10.0. The zero-order valence-corrected chi connectivity index (χ0v) is 13.8. The van der Waals surface area contributed by atoms with E-state index in [1.54, 1.807) is 0 Å². The van der Waals surface area contributed by atoms with Gasteiger partial charge >= 0.3 is 0 Å². The van der Waals surface area contributed by atoms with Gasteiger partial charge in [-0.3, -0.25) is 0 Å². The first-order valence-corrected chi connectivity index (χ1v) is 7.89. The van der Waals surface area contributed by atoms with Gasteiger partial charge in [-0.25, -0.2) is 0 Å². The summed E-state index contributed by atoms with van der Waals surface area (Å²) in [5, 5.41) is 12.9. The molecule has 0 spiro atoms. The number of benzene rings is 2. The Kier molecular flexibility index (Phi) is 6.25. The third-order valence-electron chi connectivity index (χ3n) is 3.66. The van der Waals surface area contributed by atoms with Crippen LogP contribution in [0.3, 0.4) is 0 Å². The van der Waals surface area contributed by atoms with Gasteiger partial charge in [0.2, 0.25) is 0 Å². The first-order chi connectivity index (χ1) is 10.6. The first-order valence-electron chi connectivity index (χ1n) is 7.51. The van der Waals surface area contributed by atoms with E-state index >= 15 is 0 Å². The van der Waals surface area contributed by atoms with Crippen LogP contribution in [-0.4, -0.2) is 24.4 Å². The van der Waals surface area contributed by atoms with Crippen molar-refractivity contribution in [3.05, 3.63) is 64.7 Å². The Hall–Kier alpha value is -1.55. The lowest BCUT2D eigenvalue weighted by molar-refractivity contribution is -0.698. The molecule has 0 aromatic heterocycles. The molecule has 3 nitrogen and oxygen atoms in total. The number of aliphatic hydroxyl groups is 1. The lowest BCUT2D eigenvalue weighted by Crippen LogP contribution is -2.87. The summed E-state index contributed by atoms with van der Waals surface area (Å²) in [5.74, 6) is 0.733. The average Bonchev–Trinajstić information content (AvgIpc) is 2.54. The highest BCUT2D eigenvalue weighted by Crippen LogP contribution is 2.21. The van der Waals surface area contributed by atoms with E-state index in [0.717, 1.165) is 16.3 Å². The van der Waals surface area contributed by atoms with Gasteiger partial charge in [0.1, 0.15) is 31.0 Å². The van der Waals surface area contributed by atoms with Gasteiger partial charge in [-0.15, -0.1) is 0 Å². The van der Waals surface area contributed by atoms with Gasteiger partial charge in [0.05, 0.1) is 0 Å². The first kappa shape index (κ1) is 16.8. The van der Waals surface area contributed by atoms with Crippen molar-refractivity contribution in [2.45, 2.75) is 26.0 Å². The van der Waals surface area contributed by atoms with Gasteiger partial charge < -0.3 is 15.2 Å². The van der Waals surface area contributed by atoms with E-state index in [9.17, 15) is 5.11 Å². The molecule has 0 radical (unpaired) electrons. The molecule has 0 saturated heterocycles. The fraction of sp³-hybridized carbons (Fsp3) is 0.333. The van der Waals surface area contributed by atoms with Crippen LogP contribution in [0.15, 0.2) is 48.5 Å². The molecule has 2 aromatic rings. The summed E-state index contributed by atoms with van der Waals surface area (Å²) in [7, 11) is 0. The fourth-order valence-corrected chi connectivity index (χ4v) is 2.34. The van der Waals surface area contributed by atoms with Crippen LogP contribution in [0.4, 0.5) is 0 Å². The van der Waals surface area contributed by atoms with Crippen molar-refractivity contribution >= 4 is 11.6 Å². The predicted octanol–water partition coefficient (Wildman–Crippen LogP) is 2.71. The summed E-state index contributed by atoms with van der Waals surface area (Å²) < 4.78 is 5.61. The monoisotopic (exact) mass is 320 g/mol. The summed E-state index contributed by atoms with van der Waals surface area (Å²) in [6, 6.07) is 16.1. The van der Waals surface area contributed by atoms with Gasteiger partial charge in [-0.05, 0) is 37.6 Å². The molecule has 0 unspecified atom stereocenters. The molecule has 0 saturated carbocycles. The molecule has 22 heavy (non-hydrogen) atoms. The zero-order valence-electron chi connectivity index (χ0n) is 13.0. The Morgan fingerprint density at radius 2 is 1.91 bits per heavy atom. The maximum absolute atomic E-state index is 10.0. The second kappa shape index (κ2) is 8.18. The van der Waals surface area contributed by atoms with Crippen LogP contribution in [0.1, 0.15) is 24.1 Å². The third kappa shape index (κ3) is 5.02. The molecular formula is C18H23ClNO2+.